The Morgan fingerprint density at radius 2 is 2.35 bits per heavy atom. The molecule has 1 unspecified atom stereocenters. The predicted molar refractivity (Wildman–Crippen MR) is 69.5 cm³/mol. The first-order chi connectivity index (χ1) is 8.05. The number of carbonyl (C=O) groups excluding carboxylic acids is 1. The molecule has 1 aromatic heterocycles. The van der Waals surface area contributed by atoms with Crippen LogP contribution in [0.3, 0.4) is 0 Å². The lowest BCUT2D eigenvalue weighted by molar-refractivity contribution is -0.146. The van der Waals surface area contributed by atoms with Gasteiger partial charge < -0.3 is 10.1 Å². The van der Waals surface area contributed by atoms with Crippen LogP contribution < -0.4 is 5.32 Å². The predicted octanol–water partition coefficient (Wildman–Crippen LogP) is 1.34. The van der Waals surface area contributed by atoms with Gasteiger partial charge in [-0.3, -0.25) is 4.79 Å². The van der Waals surface area contributed by atoms with E-state index in [4.69, 9.17) is 4.74 Å². The zero-order valence-electron chi connectivity index (χ0n) is 10.4. The largest absolute Gasteiger partial charge is 0.468 e. The van der Waals surface area contributed by atoms with E-state index in [0.717, 1.165) is 16.6 Å². The highest BCUT2D eigenvalue weighted by Crippen LogP contribution is 2.24. The Kier molecular flexibility index (Phi) is 5.35. The Hall–Kier alpha value is -0.660. The minimum absolute atomic E-state index is 0.271. The van der Waals surface area contributed by atoms with E-state index in [9.17, 15) is 4.79 Å². The van der Waals surface area contributed by atoms with Crippen molar-refractivity contribution in [1.29, 1.82) is 0 Å². The summed E-state index contributed by atoms with van der Waals surface area (Å²) in [5, 5.41) is 2.98. The van der Waals surface area contributed by atoms with E-state index in [0.29, 0.717) is 5.75 Å². The quantitative estimate of drug-likeness (QED) is 0.624. The first-order valence-corrected chi connectivity index (χ1v) is 7.04. The molecule has 0 aliphatic carbocycles. The highest BCUT2D eigenvalue weighted by atomic mass is 32.2. The van der Waals surface area contributed by atoms with E-state index in [2.05, 4.69) is 14.7 Å². The number of esters is 1. The average molecular weight is 275 g/mol. The molecule has 17 heavy (non-hydrogen) atoms. The van der Waals surface area contributed by atoms with Gasteiger partial charge in [-0.1, -0.05) is 18.7 Å². The molecule has 96 valence electrons. The third kappa shape index (κ3) is 3.65. The summed E-state index contributed by atoms with van der Waals surface area (Å²) in [5.74, 6) is 1.14. The number of ether oxygens (including phenoxy) is 1. The van der Waals surface area contributed by atoms with E-state index in [1.165, 1.54) is 30.4 Å². The van der Waals surface area contributed by atoms with Crippen LogP contribution in [0, 0.1) is 0 Å². The fourth-order valence-electron chi connectivity index (χ4n) is 1.10. The van der Waals surface area contributed by atoms with E-state index >= 15 is 0 Å². The van der Waals surface area contributed by atoms with Crippen LogP contribution in [0.1, 0.15) is 19.7 Å². The Bertz CT molecular complexity index is 383. The van der Waals surface area contributed by atoms with Crippen LogP contribution in [0.5, 0.6) is 0 Å². The molecule has 0 fully saturated rings. The molecular formula is C10H17N3O2S2. The summed E-state index contributed by atoms with van der Waals surface area (Å²) >= 11 is 2.88. The summed E-state index contributed by atoms with van der Waals surface area (Å²) in [6, 6.07) is 0. The number of nitrogens with zero attached hydrogens (tertiary/aromatic N) is 2. The lowest BCUT2D eigenvalue weighted by atomic mass is 10.1. The van der Waals surface area contributed by atoms with Gasteiger partial charge in [0.2, 0.25) is 0 Å². The number of nitrogens with one attached hydrogen (secondary N) is 1. The van der Waals surface area contributed by atoms with E-state index in [1.807, 2.05) is 13.8 Å². The topological polar surface area (TPSA) is 64.1 Å². The van der Waals surface area contributed by atoms with Crippen molar-refractivity contribution >= 4 is 29.3 Å². The monoisotopic (exact) mass is 275 g/mol. The lowest BCUT2D eigenvalue weighted by Gasteiger charge is -2.24. The number of likely N-dealkylation sites (N-methyl/N-ethyl adjacent to an activating group) is 1. The summed E-state index contributed by atoms with van der Waals surface area (Å²) in [7, 11) is 3.14. The van der Waals surface area contributed by atoms with E-state index in [1.54, 1.807) is 7.05 Å². The smallest absolute Gasteiger partial charge is 0.326 e. The van der Waals surface area contributed by atoms with Crippen LogP contribution in [0.25, 0.3) is 0 Å². The summed E-state index contributed by atoms with van der Waals surface area (Å²) < 4.78 is 9.85. The van der Waals surface area contributed by atoms with Gasteiger partial charge >= 0.3 is 5.97 Å². The maximum absolute atomic E-state index is 11.6. The molecule has 0 radical (unpaired) electrons. The molecule has 1 atom stereocenters. The van der Waals surface area contributed by atoms with Gasteiger partial charge in [0, 0.05) is 12.2 Å². The number of aryl methyl sites for hydroxylation is 1. The highest BCUT2D eigenvalue weighted by Gasteiger charge is 2.33. The number of aromatic nitrogens is 2. The molecule has 0 aliphatic rings. The van der Waals surface area contributed by atoms with Crippen molar-refractivity contribution in [3.8, 4) is 0 Å². The number of thioether (sulfide) groups is 1. The molecule has 5 nitrogen and oxygen atoms in total. The summed E-state index contributed by atoms with van der Waals surface area (Å²) in [6.45, 7) is 3.83. The first kappa shape index (κ1) is 14.4. The van der Waals surface area contributed by atoms with Crippen LogP contribution >= 0.6 is 23.3 Å². The Morgan fingerprint density at radius 1 is 1.65 bits per heavy atom. The maximum Gasteiger partial charge on any atom is 0.326 e. The van der Waals surface area contributed by atoms with Gasteiger partial charge in [0.05, 0.1) is 7.11 Å². The number of hydrogen-bond donors (Lipinski definition) is 1. The molecule has 1 N–H and O–H groups in total. The second-order valence-corrected chi connectivity index (χ2v) is 5.67. The third-order valence-corrected chi connectivity index (χ3v) is 4.62. The number of methoxy groups -OCH3 is 1. The Balaban J connectivity index is 2.61. The van der Waals surface area contributed by atoms with Gasteiger partial charge in [-0.25, -0.2) is 4.98 Å². The minimum Gasteiger partial charge on any atom is -0.468 e. The molecule has 0 amide bonds. The Morgan fingerprint density at radius 3 is 2.82 bits per heavy atom. The van der Waals surface area contributed by atoms with Gasteiger partial charge in [0.1, 0.15) is 11.4 Å². The SMILES string of the molecule is CCc1nsc(SCC(C)(NC)C(=O)OC)n1. The van der Waals surface area contributed by atoms with Crippen LogP contribution in [-0.4, -0.2) is 40.8 Å². The standard InChI is InChI=1S/C10H17N3O2S2/c1-5-7-12-9(17-13-7)16-6-10(2,11-3)8(14)15-4/h11H,5-6H2,1-4H3. The van der Waals surface area contributed by atoms with Gasteiger partial charge in [-0.05, 0) is 25.5 Å². The molecule has 0 aromatic carbocycles. The van der Waals surface area contributed by atoms with Crippen molar-refractivity contribution in [3.05, 3.63) is 5.82 Å². The second kappa shape index (κ2) is 6.32. The summed E-state index contributed by atoms with van der Waals surface area (Å²) in [4.78, 5) is 16.0. The van der Waals surface area contributed by atoms with Gasteiger partial charge in [0.25, 0.3) is 0 Å². The average Bonchev–Trinajstić information content (AvgIpc) is 2.82. The normalized spacial score (nSPS) is 14.4. The maximum atomic E-state index is 11.6. The summed E-state index contributed by atoms with van der Waals surface area (Å²) in [5.41, 5.74) is -0.697. The zero-order chi connectivity index (χ0) is 12.9. The molecule has 1 aromatic rings. The number of carbonyl (C=O) groups is 1. The molecular weight excluding hydrogens is 258 g/mol. The summed E-state index contributed by atoms with van der Waals surface area (Å²) in [6.07, 6.45) is 0.831. The van der Waals surface area contributed by atoms with Gasteiger partial charge in [-0.2, -0.15) is 4.37 Å². The van der Waals surface area contributed by atoms with Gasteiger partial charge in [0.15, 0.2) is 4.34 Å². The van der Waals surface area contributed by atoms with Crippen LogP contribution in [0.4, 0.5) is 0 Å². The van der Waals surface area contributed by atoms with Crippen molar-refractivity contribution in [2.75, 3.05) is 19.9 Å². The first-order valence-electron chi connectivity index (χ1n) is 5.28. The van der Waals surface area contributed by atoms with Crippen molar-refractivity contribution in [3.63, 3.8) is 0 Å². The molecule has 0 spiro atoms. The van der Waals surface area contributed by atoms with Crippen molar-refractivity contribution in [2.45, 2.75) is 30.1 Å². The van der Waals surface area contributed by atoms with Crippen LogP contribution in [-0.2, 0) is 16.0 Å². The molecule has 7 heteroatoms. The number of rotatable bonds is 6. The fraction of sp³-hybridized carbons (Fsp3) is 0.700. The molecule has 0 bridgehead atoms. The molecule has 0 saturated carbocycles. The van der Waals surface area contributed by atoms with Crippen molar-refractivity contribution < 1.29 is 9.53 Å². The van der Waals surface area contributed by atoms with Crippen LogP contribution in [0.2, 0.25) is 0 Å². The van der Waals surface area contributed by atoms with Gasteiger partial charge in [-0.15, -0.1) is 0 Å². The van der Waals surface area contributed by atoms with E-state index < -0.39 is 5.54 Å². The molecule has 0 aliphatic heterocycles. The molecule has 1 heterocycles. The van der Waals surface area contributed by atoms with Crippen molar-refractivity contribution in [2.24, 2.45) is 0 Å². The number of hydrogen-bond acceptors (Lipinski definition) is 7. The second-order valence-electron chi connectivity index (χ2n) is 3.69. The minimum atomic E-state index is -0.697. The van der Waals surface area contributed by atoms with E-state index in [-0.39, 0.29) is 5.97 Å². The van der Waals surface area contributed by atoms with Crippen LogP contribution in [0.15, 0.2) is 4.34 Å². The third-order valence-electron chi connectivity index (χ3n) is 2.44. The molecule has 1 rings (SSSR count). The fourth-order valence-corrected chi connectivity index (χ4v) is 2.95. The highest BCUT2D eigenvalue weighted by molar-refractivity contribution is 8.01. The molecule has 0 saturated heterocycles. The zero-order valence-corrected chi connectivity index (χ0v) is 12.1. The lowest BCUT2D eigenvalue weighted by Crippen LogP contribution is -2.50. The Labute approximate surface area is 110 Å². The van der Waals surface area contributed by atoms with Crippen molar-refractivity contribution in [1.82, 2.24) is 14.7 Å².